The molecule has 0 saturated carbocycles. The molecule has 0 N–H and O–H groups in total. The van der Waals surface area contributed by atoms with Crippen LogP contribution in [0, 0.1) is 0 Å². The van der Waals surface area contributed by atoms with Gasteiger partial charge in [0.1, 0.15) is 0 Å². The predicted molar refractivity (Wildman–Crippen MR) is 52.3 cm³/mol. The van der Waals surface area contributed by atoms with E-state index in [4.69, 9.17) is 44.0 Å². The molecule has 0 aliphatic carbocycles. The Hall–Kier alpha value is 0.814. The van der Waals surface area contributed by atoms with Crippen LogP contribution in [0.1, 0.15) is 0 Å². The molecule has 0 fully saturated rings. The van der Waals surface area contributed by atoms with Gasteiger partial charge in [-0.3, -0.25) is 0 Å². The molecule has 13 heavy (non-hydrogen) atoms. The van der Waals surface area contributed by atoms with Crippen molar-refractivity contribution in [2.24, 2.45) is 0 Å². The quantitative estimate of drug-likeness (QED) is 0.529. The largest absolute Gasteiger partial charge is 0.606 e. The van der Waals surface area contributed by atoms with Crippen LogP contribution in [0.15, 0.2) is 0 Å². The highest BCUT2D eigenvalue weighted by atomic mass is 35.6. The Kier molecular flexibility index (Phi) is 5.99. The van der Waals surface area contributed by atoms with Gasteiger partial charge >= 0.3 is 16.2 Å². The summed E-state index contributed by atoms with van der Waals surface area (Å²) < 4.78 is 24.5. The van der Waals surface area contributed by atoms with Crippen LogP contribution in [0.2, 0.25) is 0 Å². The molecule has 9 heteroatoms. The molecule has 0 atom stereocenters. The van der Waals surface area contributed by atoms with Crippen LogP contribution in [-0.4, -0.2) is 44.7 Å². The van der Waals surface area contributed by atoms with Gasteiger partial charge < -0.3 is 21.8 Å². The molecule has 0 amide bonds. The third-order valence-corrected chi connectivity index (χ3v) is 8.36. The third-order valence-electron chi connectivity index (χ3n) is 1.22. The topological polar surface area (TPSA) is 46.2 Å². The van der Waals surface area contributed by atoms with Gasteiger partial charge in [-0.25, -0.2) is 0 Å². The smallest absolute Gasteiger partial charge is 0.365 e. The van der Waals surface area contributed by atoms with E-state index in [9.17, 15) is 0 Å². The molecule has 0 aromatic rings. The van der Waals surface area contributed by atoms with Crippen LogP contribution in [0.5, 0.6) is 0 Å². The summed E-state index contributed by atoms with van der Waals surface area (Å²) in [6.07, 6.45) is 0. The van der Waals surface area contributed by atoms with Crippen molar-refractivity contribution >= 4 is 38.4 Å². The fraction of sp³-hybridized carbons (Fsp3) is 1.00. The van der Waals surface area contributed by atoms with E-state index < -0.39 is 16.2 Å². The van der Waals surface area contributed by atoms with Gasteiger partial charge in [-0.1, -0.05) is 22.2 Å². The molecule has 5 nitrogen and oxygen atoms in total. The molecule has 0 aromatic carbocycles. The molecular weight excluding hydrogens is 255 g/mol. The second-order valence-corrected chi connectivity index (χ2v) is 9.03. The van der Waals surface area contributed by atoms with Gasteiger partial charge in [-0.2, -0.15) is 0 Å². The Morgan fingerprint density at radius 1 is 0.692 bits per heavy atom. The van der Waals surface area contributed by atoms with Gasteiger partial charge in [-0.15, -0.1) is 0 Å². The molecule has 0 aliphatic heterocycles. The van der Waals surface area contributed by atoms with E-state index in [0.29, 0.717) is 0 Å². The predicted octanol–water partition coefficient (Wildman–Crippen LogP) is 0.937. The summed E-state index contributed by atoms with van der Waals surface area (Å²) in [6.45, 7) is 0. The minimum absolute atomic E-state index is 1.36. The second-order valence-electron chi connectivity index (χ2n) is 1.88. The molecular formula is C4H12Cl2O5Si2. The third kappa shape index (κ3) is 4.23. The summed E-state index contributed by atoms with van der Waals surface area (Å²) in [6, 6.07) is 0. The normalized spacial score (nSPS) is 13.4. The first-order valence-electron chi connectivity index (χ1n) is 3.24. The minimum Gasteiger partial charge on any atom is -0.365 e. The molecule has 0 saturated heterocycles. The molecule has 0 bridgehead atoms. The van der Waals surface area contributed by atoms with Gasteiger partial charge in [0.05, 0.1) is 0 Å². The highest BCUT2D eigenvalue weighted by Crippen LogP contribution is 2.22. The Labute approximate surface area is 88.9 Å². The maximum atomic E-state index is 5.81. The summed E-state index contributed by atoms with van der Waals surface area (Å²) in [7, 11) is -1.00. The first kappa shape index (κ1) is 13.8. The Bertz CT molecular complexity index is 135. The van der Waals surface area contributed by atoms with E-state index in [0.717, 1.165) is 0 Å². The zero-order valence-corrected chi connectivity index (χ0v) is 11.3. The average molecular weight is 267 g/mol. The zero-order valence-electron chi connectivity index (χ0n) is 7.80. The van der Waals surface area contributed by atoms with E-state index in [1.54, 1.807) is 0 Å². The highest BCUT2D eigenvalue weighted by Gasteiger charge is 2.51. The number of hydrogen-bond donors (Lipinski definition) is 0. The molecule has 0 heterocycles. The first-order valence-corrected chi connectivity index (χ1v) is 8.71. The lowest BCUT2D eigenvalue weighted by atomic mass is 11.8. The summed E-state index contributed by atoms with van der Waals surface area (Å²) in [5, 5.41) is 0. The van der Waals surface area contributed by atoms with Crippen molar-refractivity contribution in [2.45, 2.75) is 0 Å². The van der Waals surface area contributed by atoms with E-state index in [1.807, 2.05) is 0 Å². The van der Waals surface area contributed by atoms with Gasteiger partial charge in [-0.05, 0) is 0 Å². The lowest BCUT2D eigenvalue weighted by Gasteiger charge is -2.26. The van der Waals surface area contributed by atoms with Crippen LogP contribution >= 0.6 is 22.2 Å². The summed E-state index contributed by atoms with van der Waals surface area (Å²) in [5.41, 5.74) is 0. The van der Waals surface area contributed by atoms with Crippen molar-refractivity contribution in [3.05, 3.63) is 0 Å². The van der Waals surface area contributed by atoms with Crippen LogP contribution in [0.4, 0.5) is 0 Å². The van der Waals surface area contributed by atoms with Gasteiger partial charge in [0.15, 0.2) is 0 Å². The fourth-order valence-electron chi connectivity index (χ4n) is 0.479. The Morgan fingerprint density at radius 2 is 0.923 bits per heavy atom. The molecule has 80 valence electrons. The Balaban J connectivity index is 4.36. The second kappa shape index (κ2) is 5.64. The lowest BCUT2D eigenvalue weighted by Crippen LogP contribution is -2.51. The van der Waals surface area contributed by atoms with Crippen LogP contribution < -0.4 is 0 Å². The summed E-state index contributed by atoms with van der Waals surface area (Å²) in [5.74, 6) is 0. The number of hydrogen-bond acceptors (Lipinski definition) is 5. The summed E-state index contributed by atoms with van der Waals surface area (Å²) in [4.78, 5) is 0. The van der Waals surface area contributed by atoms with Crippen molar-refractivity contribution in [1.29, 1.82) is 0 Å². The molecule has 0 rings (SSSR count). The van der Waals surface area contributed by atoms with Crippen LogP contribution in [-0.2, 0) is 21.8 Å². The minimum atomic E-state index is -3.22. The maximum Gasteiger partial charge on any atom is 0.606 e. The molecule has 0 aliphatic rings. The Morgan fingerprint density at radius 3 is 1.08 bits per heavy atom. The van der Waals surface area contributed by atoms with Crippen molar-refractivity contribution in [3.8, 4) is 0 Å². The average Bonchev–Trinajstić information content (AvgIpc) is 2.17. The van der Waals surface area contributed by atoms with E-state index in [-0.39, 0.29) is 0 Å². The van der Waals surface area contributed by atoms with E-state index in [2.05, 4.69) is 0 Å². The molecule has 0 aromatic heterocycles. The van der Waals surface area contributed by atoms with Crippen LogP contribution in [0.3, 0.4) is 0 Å². The van der Waals surface area contributed by atoms with Crippen LogP contribution in [0.25, 0.3) is 0 Å². The molecule has 0 spiro atoms. The zero-order chi connectivity index (χ0) is 10.5. The standard InChI is InChI=1S/C4H12Cl2O5Si2/c1-7-12(5,8-2)11-13(6,9-3)10-4/h1-4H3. The fourth-order valence-corrected chi connectivity index (χ4v) is 5.49. The molecule has 0 radical (unpaired) electrons. The maximum absolute atomic E-state index is 5.81. The highest BCUT2D eigenvalue weighted by molar-refractivity contribution is 7.18. The number of halogens is 2. The lowest BCUT2D eigenvalue weighted by molar-refractivity contribution is 0.119. The van der Waals surface area contributed by atoms with Crippen molar-refractivity contribution in [2.75, 3.05) is 28.4 Å². The van der Waals surface area contributed by atoms with E-state index >= 15 is 0 Å². The van der Waals surface area contributed by atoms with Gasteiger partial charge in [0, 0.05) is 28.4 Å². The van der Waals surface area contributed by atoms with Gasteiger partial charge in [0.2, 0.25) is 0 Å². The van der Waals surface area contributed by atoms with Crippen molar-refractivity contribution in [3.63, 3.8) is 0 Å². The van der Waals surface area contributed by atoms with Gasteiger partial charge in [0.25, 0.3) is 0 Å². The SMILES string of the molecule is CO[Si](Cl)(OC)O[Si](Cl)(OC)OC. The first-order chi connectivity index (χ1) is 5.95. The van der Waals surface area contributed by atoms with Crippen molar-refractivity contribution < 1.29 is 21.8 Å². The van der Waals surface area contributed by atoms with E-state index in [1.165, 1.54) is 28.4 Å². The number of rotatable bonds is 6. The molecule has 0 unspecified atom stereocenters. The summed E-state index contributed by atoms with van der Waals surface area (Å²) >= 11 is 11.6. The monoisotopic (exact) mass is 266 g/mol. The van der Waals surface area contributed by atoms with Crippen molar-refractivity contribution in [1.82, 2.24) is 0 Å².